The third-order valence-corrected chi connectivity index (χ3v) is 2.94. The Morgan fingerprint density at radius 1 is 1.35 bits per heavy atom. The highest BCUT2D eigenvalue weighted by molar-refractivity contribution is 5.85. The zero-order chi connectivity index (χ0) is 12.1. The summed E-state index contributed by atoms with van der Waals surface area (Å²) in [6, 6.07) is 3.69. The van der Waals surface area contributed by atoms with Crippen molar-refractivity contribution in [2.24, 2.45) is 0 Å². The predicted molar refractivity (Wildman–Crippen MR) is 73.5 cm³/mol. The van der Waals surface area contributed by atoms with Crippen LogP contribution in [0.25, 0.3) is 0 Å². The smallest absolute Gasteiger partial charge is 0.160 e. The molecule has 1 aromatic rings. The SMILES string of the molecule is CCN(C)CCc1cc(OC)c(O)cc1C.Cl. The van der Waals surface area contributed by atoms with E-state index >= 15 is 0 Å². The monoisotopic (exact) mass is 259 g/mol. The molecular weight excluding hydrogens is 238 g/mol. The van der Waals surface area contributed by atoms with E-state index in [1.54, 1.807) is 13.2 Å². The van der Waals surface area contributed by atoms with E-state index in [0.29, 0.717) is 5.75 Å². The van der Waals surface area contributed by atoms with Crippen molar-refractivity contribution in [2.75, 3.05) is 27.2 Å². The number of benzene rings is 1. The second kappa shape index (κ2) is 7.41. The second-order valence-electron chi connectivity index (χ2n) is 4.10. The highest BCUT2D eigenvalue weighted by Gasteiger charge is 2.07. The number of ether oxygens (including phenoxy) is 1. The van der Waals surface area contributed by atoms with E-state index in [9.17, 15) is 5.11 Å². The number of rotatable bonds is 5. The predicted octanol–water partition coefficient (Wildman–Crippen LogP) is 2.63. The van der Waals surface area contributed by atoms with Crippen molar-refractivity contribution in [1.82, 2.24) is 4.90 Å². The van der Waals surface area contributed by atoms with Crippen molar-refractivity contribution >= 4 is 12.4 Å². The quantitative estimate of drug-likeness (QED) is 0.882. The maximum atomic E-state index is 9.60. The number of phenolic OH excluding ortho intramolecular Hbond substituents is 1. The van der Waals surface area contributed by atoms with E-state index in [2.05, 4.69) is 18.9 Å². The fourth-order valence-corrected chi connectivity index (χ4v) is 1.62. The van der Waals surface area contributed by atoms with Gasteiger partial charge in [-0.2, -0.15) is 0 Å². The molecule has 0 aliphatic heterocycles. The van der Waals surface area contributed by atoms with Gasteiger partial charge in [-0.15, -0.1) is 12.4 Å². The van der Waals surface area contributed by atoms with Crippen molar-refractivity contribution in [3.63, 3.8) is 0 Å². The molecule has 0 aliphatic carbocycles. The van der Waals surface area contributed by atoms with Gasteiger partial charge in [0, 0.05) is 6.54 Å². The minimum Gasteiger partial charge on any atom is -0.504 e. The van der Waals surface area contributed by atoms with Crippen LogP contribution in [0.15, 0.2) is 12.1 Å². The van der Waals surface area contributed by atoms with Gasteiger partial charge in [-0.25, -0.2) is 0 Å². The summed E-state index contributed by atoms with van der Waals surface area (Å²) in [5.41, 5.74) is 2.35. The number of aromatic hydroxyl groups is 1. The van der Waals surface area contributed by atoms with Crippen LogP contribution in [0, 0.1) is 6.92 Å². The molecule has 17 heavy (non-hydrogen) atoms. The highest BCUT2D eigenvalue weighted by atomic mass is 35.5. The second-order valence-corrected chi connectivity index (χ2v) is 4.10. The van der Waals surface area contributed by atoms with Crippen molar-refractivity contribution in [2.45, 2.75) is 20.3 Å². The number of phenols is 1. The molecule has 0 saturated heterocycles. The van der Waals surface area contributed by atoms with Crippen LogP contribution in [0.2, 0.25) is 0 Å². The van der Waals surface area contributed by atoms with Gasteiger partial charge in [0.2, 0.25) is 0 Å². The van der Waals surface area contributed by atoms with Crippen LogP contribution in [0.3, 0.4) is 0 Å². The molecule has 0 aliphatic rings. The van der Waals surface area contributed by atoms with Crippen molar-refractivity contribution in [1.29, 1.82) is 0 Å². The molecule has 0 spiro atoms. The first kappa shape index (κ1) is 16.1. The first-order chi connectivity index (χ1) is 7.58. The topological polar surface area (TPSA) is 32.7 Å². The van der Waals surface area contributed by atoms with Gasteiger partial charge >= 0.3 is 0 Å². The van der Waals surface area contributed by atoms with E-state index < -0.39 is 0 Å². The summed E-state index contributed by atoms with van der Waals surface area (Å²) in [6.07, 6.45) is 0.979. The Labute approximate surface area is 110 Å². The Kier molecular flexibility index (Phi) is 7.00. The molecule has 0 fully saturated rings. The van der Waals surface area contributed by atoms with Gasteiger partial charge in [-0.3, -0.25) is 0 Å². The first-order valence-electron chi connectivity index (χ1n) is 5.63. The Balaban J connectivity index is 0.00000256. The van der Waals surface area contributed by atoms with Crippen LogP contribution in [0.1, 0.15) is 18.1 Å². The number of halogens is 1. The van der Waals surface area contributed by atoms with Crippen LogP contribution in [0.5, 0.6) is 11.5 Å². The minimum atomic E-state index is 0. The first-order valence-corrected chi connectivity index (χ1v) is 5.63. The summed E-state index contributed by atoms with van der Waals surface area (Å²) in [5, 5.41) is 9.60. The zero-order valence-corrected chi connectivity index (χ0v) is 11.8. The molecule has 0 heterocycles. The third-order valence-electron chi connectivity index (χ3n) is 2.94. The van der Waals surface area contributed by atoms with E-state index in [4.69, 9.17) is 4.74 Å². The number of nitrogens with zero attached hydrogens (tertiary/aromatic N) is 1. The fraction of sp³-hybridized carbons (Fsp3) is 0.538. The Hall–Kier alpha value is -0.930. The van der Waals surface area contributed by atoms with Gasteiger partial charge in [0.15, 0.2) is 11.5 Å². The minimum absolute atomic E-state index is 0. The lowest BCUT2D eigenvalue weighted by Crippen LogP contribution is -2.20. The van der Waals surface area contributed by atoms with Gasteiger partial charge in [0.05, 0.1) is 7.11 Å². The molecule has 1 aromatic carbocycles. The lowest BCUT2D eigenvalue weighted by Gasteiger charge is -2.15. The Morgan fingerprint density at radius 3 is 2.53 bits per heavy atom. The van der Waals surface area contributed by atoms with Crippen molar-refractivity contribution < 1.29 is 9.84 Å². The molecule has 0 amide bonds. The molecule has 3 nitrogen and oxygen atoms in total. The number of aryl methyl sites for hydroxylation is 1. The summed E-state index contributed by atoms with van der Waals surface area (Å²) in [7, 11) is 3.68. The van der Waals surface area contributed by atoms with E-state index in [-0.39, 0.29) is 18.2 Å². The molecular formula is C13H22ClNO2. The van der Waals surface area contributed by atoms with Gasteiger partial charge < -0.3 is 14.7 Å². The summed E-state index contributed by atoms with van der Waals surface area (Å²) in [6.45, 7) is 6.23. The Morgan fingerprint density at radius 2 is 2.00 bits per heavy atom. The third kappa shape index (κ3) is 4.44. The summed E-state index contributed by atoms with van der Waals surface area (Å²) in [4.78, 5) is 2.26. The van der Waals surface area contributed by atoms with Crippen LogP contribution in [0.4, 0.5) is 0 Å². The molecule has 0 unspecified atom stereocenters. The molecule has 0 atom stereocenters. The average molecular weight is 260 g/mol. The lowest BCUT2D eigenvalue weighted by atomic mass is 10.0. The molecule has 4 heteroatoms. The Bertz CT molecular complexity index is 356. The lowest BCUT2D eigenvalue weighted by molar-refractivity contribution is 0.355. The number of methoxy groups -OCH3 is 1. The number of hydrogen-bond donors (Lipinski definition) is 1. The summed E-state index contributed by atoms with van der Waals surface area (Å²) in [5.74, 6) is 0.771. The fourth-order valence-electron chi connectivity index (χ4n) is 1.62. The summed E-state index contributed by atoms with van der Waals surface area (Å²) < 4.78 is 5.11. The van der Waals surface area contributed by atoms with E-state index in [1.165, 1.54) is 5.56 Å². The van der Waals surface area contributed by atoms with E-state index in [1.807, 2.05) is 13.0 Å². The average Bonchev–Trinajstić information content (AvgIpc) is 2.27. The number of likely N-dealkylation sites (N-methyl/N-ethyl adjacent to an activating group) is 1. The largest absolute Gasteiger partial charge is 0.504 e. The summed E-state index contributed by atoms with van der Waals surface area (Å²) >= 11 is 0. The maximum Gasteiger partial charge on any atom is 0.160 e. The molecule has 0 saturated carbocycles. The van der Waals surface area contributed by atoms with Gasteiger partial charge in [0.25, 0.3) is 0 Å². The van der Waals surface area contributed by atoms with Crippen LogP contribution in [-0.4, -0.2) is 37.3 Å². The maximum absolute atomic E-state index is 9.60. The van der Waals surface area contributed by atoms with Gasteiger partial charge in [-0.1, -0.05) is 6.92 Å². The van der Waals surface area contributed by atoms with Crippen LogP contribution in [-0.2, 0) is 6.42 Å². The normalized spacial score (nSPS) is 10.2. The molecule has 1 rings (SSSR count). The zero-order valence-electron chi connectivity index (χ0n) is 11.0. The van der Waals surface area contributed by atoms with Gasteiger partial charge in [0.1, 0.15) is 0 Å². The number of hydrogen-bond acceptors (Lipinski definition) is 3. The van der Waals surface area contributed by atoms with Crippen molar-refractivity contribution in [3.8, 4) is 11.5 Å². The molecule has 0 bridgehead atoms. The molecule has 0 radical (unpaired) electrons. The van der Waals surface area contributed by atoms with Crippen LogP contribution >= 0.6 is 12.4 Å². The van der Waals surface area contributed by atoms with Gasteiger partial charge in [-0.05, 0) is 50.2 Å². The standard InChI is InChI=1S/C13H21NO2.ClH/c1-5-14(3)7-6-11-9-13(16-4)12(15)8-10(11)2;/h8-9,15H,5-7H2,1-4H3;1H. The van der Waals surface area contributed by atoms with Crippen molar-refractivity contribution in [3.05, 3.63) is 23.3 Å². The molecule has 98 valence electrons. The molecule has 1 N–H and O–H groups in total. The highest BCUT2D eigenvalue weighted by Crippen LogP contribution is 2.29. The van der Waals surface area contributed by atoms with Crippen LogP contribution < -0.4 is 4.74 Å². The van der Waals surface area contributed by atoms with E-state index in [0.717, 1.165) is 25.1 Å². The molecule has 0 aromatic heterocycles.